The van der Waals surface area contributed by atoms with Gasteiger partial charge in [0.05, 0.1) is 0 Å². The van der Waals surface area contributed by atoms with Gasteiger partial charge < -0.3 is 5.32 Å². The van der Waals surface area contributed by atoms with Crippen molar-refractivity contribution in [2.45, 2.75) is 13.0 Å². The Morgan fingerprint density at radius 3 is 2.65 bits per heavy atom. The lowest BCUT2D eigenvalue weighted by Crippen LogP contribution is -2.44. The topological polar surface area (TPSA) is 15.3 Å². The molecule has 1 aliphatic heterocycles. The summed E-state index contributed by atoms with van der Waals surface area (Å²) in [6.07, 6.45) is 0. The highest BCUT2D eigenvalue weighted by Crippen LogP contribution is 2.28. The van der Waals surface area contributed by atoms with E-state index in [4.69, 9.17) is 0 Å². The summed E-state index contributed by atoms with van der Waals surface area (Å²) in [7, 11) is 0. The number of halogens is 3. The first kappa shape index (κ1) is 14.9. The van der Waals surface area contributed by atoms with Crippen LogP contribution in [0, 0.1) is 5.82 Å². The number of rotatable bonds is 2. The molecule has 0 radical (unpaired) electrons. The number of nitrogens with zero attached hydrogens (tertiary/aromatic N) is 1. The highest BCUT2D eigenvalue weighted by molar-refractivity contribution is 9.10. The average Bonchev–Trinajstić information content (AvgIpc) is 2.32. The largest absolute Gasteiger partial charge is 0.314 e. The van der Waals surface area contributed by atoms with Crippen LogP contribution in [0.4, 0.5) is 4.39 Å². The average molecular weight is 324 g/mol. The molecule has 0 saturated carbocycles. The lowest BCUT2D eigenvalue weighted by atomic mass is 10.1. The second-order valence-corrected chi connectivity index (χ2v) is 4.98. The van der Waals surface area contributed by atoms with Crippen LogP contribution in [0.25, 0.3) is 0 Å². The molecule has 1 aromatic rings. The van der Waals surface area contributed by atoms with E-state index in [1.807, 2.05) is 0 Å². The van der Waals surface area contributed by atoms with Gasteiger partial charge in [-0.3, -0.25) is 4.90 Å². The van der Waals surface area contributed by atoms with Gasteiger partial charge in [-0.25, -0.2) is 4.39 Å². The minimum Gasteiger partial charge on any atom is -0.314 e. The summed E-state index contributed by atoms with van der Waals surface area (Å²) in [5.74, 6) is -0.166. The maximum Gasteiger partial charge on any atom is 0.123 e. The van der Waals surface area contributed by atoms with Crippen LogP contribution in [0.1, 0.15) is 18.5 Å². The maximum absolute atomic E-state index is 13.2. The smallest absolute Gasteiger partial charge is 0.123 e. The van der Waals surface area contributed by atoms with E-state index in [2.05, 4.69) is 33.1 Å². The van der Waals surface area contributed by atoms with E-state index in [0.29, 0.717) is 0 Å². The highest BCUT2D eigenvalue weighted by Gasteiger charge is 2.19. The number of nitrogens with one attached hydrogen (secondary N) is 1. The second-order valence-electron chi connectivity index (χ2n) is 4.13. The zero-order valence-electron chi connectivity index (χ0n) is 9.75. The lowest BCUT2D eigenvalue weighted by Gasteiger charge is -2.33. The van der Waals surface area contributed by atoms with Crippen molar-refractivity contribution in [1.82, 2.24) is 10.2 Å². The van der Waals surface area contributed by atoms with Crippen LogP contribution < -0.4 is 5.32 Å². The molecule has 1 atom stereocenters. The molecule has 0 spiro atoms. The van der Waals surface area contributed by atoms with Gasteiger partial charge in [0.25, 0.3) is 0 Å². The summed E-state index contributed by atoms with van der Waals surface area (Å²) >= 11 is 3.49. The second kappa shape index (κ2) is 6.69. The molecule has 1 heterocycles. The van der Waals surface area contributed by atoms with Gasteiger partial charge in [0.15, 0.2) is 0 Å². The van der Waals surface area contributed by atoms with E-state index in [9.17, 15) is 4.39 Å². The van der Waals surface area contributed by atoms with E-state index in [1.165, 1.54) is 6.07 Å². The van der Waals surface area contributed by atoms with Crippen molar-refractivity contribution in [2.75, 3.05) is 26.2 Å². The molecule has 96 valence electrons. The Morgan fingerprint density at radius 1 is 1.35 bits per heavy atom. The molecule has 0 bridgehead atoms. The predicted molar refractivity (Wildman–Crippen MR) is 74.2 cm³/mol. The molecular weight excluding hydrogens is 307 g/mol. The van der Waals surface area contributed by atoms with Crippen molar-refractivity contribution < 1.29 is 4.39 Å². The van der Waals surface area contributed by atoms with Crippen molar-refractivity contribution in [3.63, 3.8) is 0 Å². The number of hydrogen-bond acceptors (Lipinski definition) is 2. The third-order valence-corrected chi connectivity index (χ3v) is 3.83. The number of benzene rings is 1. The molecule has 1 saturated heterocycles. The van der Waals surface area contributed by atoms with Gasteiger partial charge in [-0.1, -0.05) is 15.9 Å². The molecule has 17 heavy (non-hydrogen) atoms. The molecule has 2 rings (SSSR count). The quantitative estimate of drug-likeness (QED) is 0.900. The van der Waals surface area contributed by atoms with E-state index in [1.54, 1.807) is 12.1 Å². The van der Waals surface area contributed by atoms with Gasteiger partial charge in [0, 0.05) is 36.7 Å². The van der Waals surface area contributed by atoms with Gasteiger partial charge in [-0.2, -0.15) is 0 Å². The number of piperazine rings is 1. The Balaban J connectivity index is 0.00000144. The molecular formula is C12H17BrClFN2. The molecule has 1 aromatic carbocycles. The standard InChI is InChI=1S/C12H16BrFN2.ClH/c1-9(16-6-4-15-5-7-16)11-8-10(14)2-3-12(11)13;/h2-3,8-9,15H,4-7H2,1H3;1H/t9-;/m0./s1. The molecule has 0 amide bonds. The summed E-state index contributed by atoms with van der Waals surface area (Å²) in [5.41, 5.74) is 1.03. The Bertz CT molecular complexity index is 370. The van der Waals surface area contributed by atoms with Crippen molar-refractivity contribution in [3.05, 3.63) is 34.1 Å². The molecule has 5 heteroatoms. The summed E-state index contributed by atoms with van der Waals surface area (Å²) in [6.45, 7) is 6.19. The highest BCUT2D eigenvalue weighted by atomic mass is 79.9. The summed E-state index contributed by atoms with van der Waals surface area (Å²) in [6, 6.07) is 5.14. The van der Waals surface area contributed by atoms with Gasteiger partial charge in [0.2, 0.25) is 0 Å². The van der Waals surface area contributed by atoms with Gasteiger partial charge in [-0.05, 0) is 30.7 Å². The van der Waals surface area contributed by atoms with Crippen LogP contribution >= 0.6 is 28.3 Å². The Hall–Kier alpha value is -0.160. The van der Waals surface area contributed by atoms with Gasteiger partial charge in [0.1, 0.15) is 5.82 Å². The first-order valence-corrected chi connectivity index (χ1v) is 6.37. The van der Waals surface area contributed by atoms with Crippen molar-refractivity contribution >= 4 is 28.3 Å². The Labute approximate surface area is 116 Å². The zero-order chi connectivity index (χ0) is 11.5. The van der Waals surface area contributed by atoms with Crippen LogP contribution in [0.15, 0.2) is 22.7 Å². The Morgan fingerprint density at radius 2 is 2.00 bits per heavy atom. The normalized spacial score (nSPS) is 18.5. The zero-order valence-corrected chi connectivity index (χ0v) is 12.2. The fourth-order valence-electron chi connectivity index (χ4n) is 2.10. The van der Waals surface area contributed by atoms with Crippen LogP contribution in [0.3, 0.4) is 0 Å². The van der Waals surface area contributed by atoms with Crippen molar-refractivity contribution in [1.29, 1.82) is 0 Å². The fraction of sp³-hybridized carbons (Fsp3) is 0.500. The third kappa shape index (κ3) is 3.65. The van der Waals surface area contributed by atoms with Crippen molar-refractivity contribution in [2.24, 2.45) is 0 Å². The predicted octanol–water partition coefficient (Wildman–Crippen LogP) is 2.98. The third-order valence-electron chi connectivity index (χ3n) is 3.11. The van der Waals surface area contributed by atoms with E-state index in [0.717, 1.165) is 36.2 Å². The summed E-state index contributed by atoms with van der Waals surface area (Å²) in [5, 5.41) is 3.32. The van der Waals surface area contributed by atoms with E-state index in [-0.39, 0.29) is 24.3 Å². The SMILES string of the molecule is C[C@@H](c1cc(F)ccc1Br)N1CCNCC1.Cl. The minimum atomic E-state index is -0.166. The fourth-order valence-corrected chi connectivity index (χ4v) is 2.68. The maximum atomic E-state index is 13.2. The lowest BCUT2D eigenvalue weighted by molar-refractivity contribution is 0.185. The van der Waals surface area contributed by atoms with E-state index < -0.39 is 0 Å². The van der Waals surface area contributed by atoms with Crippen molar-refractivity contribution in [3.8, 4) is 0 Å². The molecule has 0 aromatic heterocycles. The molecule has 2 nitrogen and oxygen atoms in total. The first-order chi connectivity index (χ1) is 7.68. The van der Waals surface area contributed by atoms with Crippen LogP contribution in [0.5, 0.6) is 0 Å². The number of hydrogen-bond donors (Lipinski definition) is 1. The van der Waals surface area contributed by atoms with E-state index >= 15 is 0 Å². The summed E-state index contributed by atoms with van der Waals surface area (Å²) in [4.78, 5) is 2.37. The minimum absolute atomic E-state index is 0. The van der Waals surface area contributed by atoms with Crippen LogP contribution in [-0.2, 0) is 0 Å². The molecule has 1 fully saturated rings. The summed E-state index contributed by atoms with van der Waals surface area (Å²) < 4.78 is 14.2. The first-order valence-electron chi connectivity index (χ1n) is 5.58. The molecule has 0 aliphatic carbocycles. The van der Waals surface area contributed by atoms with Crippen LogP contribution in [0.2, 0.25) is 0 Å². The van der Waals surface area contributed by atoms with Crippen LogP contribution in [-0.4, -0.2) is 31.1 Å². The molecule has 1 aliphatic rings. The van der Waals surface area contributed by atoms with Gasteiger partial charge >= 0.3 is 0 Å². The Kier molecular flexibility index (Phi) is 5.86. The molecule has 0 unspecified atom stereocenters. The molecule has 1 N–H and O–H groups in total. The van der Waals surface area contributed by atoms with Gasteiger partial charge in [-0.15, -0.1) is 12.4 Å². The monoisotopic (exact) mass is 322 g/mol.